The van der Waals surface area contributed by atoms with Crippen molar-refractivity contribution in [2.24, 2.45) is 7.05 Å². The second kappa shape index (κ2) is 2.32. The molecule has 1 fully saturated rings. The monoisotopic (exact) mass is 200 g/mol. The van der Waals surface area contributed by atoms with E-state index < -0.39 is 17.5 Å². The maximum absolute atomic E-state index is 10.6. The molecule has 14 heavy (non-hydrogen) atoms. The SMILES string of the molecule is Cn1ccc(C(O)(O)C2(O)OC2=O)n1. The lowest BCUT2D eigenvalue weighted by Gasteiger charge is -2.18. The van der Waals surface area contributed by atoms with E-state index in [4.69, 9.17) is 0 Å². The first-order valence-electron chi connectivity index (χ1n) is 3.78. The molecular formula is C7H8N2O5. The van der Waals surface area contributed by atoms with Gasteiger partial charge in [0.25, 0.3) is 5.79 Å². The van der Waals surface area contributed by atoms with Gasteiger partial charge in [-0.3, -0.25) is 4.68 Å². The van der Waals surface area contributed by atoms with Crippen molar-refractivity contribution in [1.82, 2.24) is 9.78 Å². The summed E-state index contributed by atoms with van der Waals surface area (Å²) >= 11 is 0. The van der Waals surface area contributed by atoms with Crippen molar-refractivity contribution in [3.05, 3.63) is 18.0 Å². The van der Waals surface area contributed by atoms with Crippen LogP contribution in [0.1, 0.15) is 5.69 Å². The molecule has 0 saturated carbocycles. The molecular weight excluding hydrogens is 192 g/mol. The van der Waals surface area contributed by atoms with Crippen LogP contribution < -0.4 is 0 Å². The first kappa shape index (κ1) is 9.13. The van der Waals surface area contributed by atoms with Crippen LogP contribution in [0, 0.1) is 0 Å². The smallest absolute Gasteiger partial charge is 0.389 e. The Kier molecular flexibility index (Phi) is 1.51. The molecule has 3 N–H and O–H groups in total. The Morgan fingerprint density at radius 1 is 1.64 bits per heavy atom. The number of epoxide rings is 1. The Morgan fingerprint density at radius 3 is 2.57 bits per heavy atom. The van der Waals surface area contributed by atoms with Crippen LogP contribution in [0.2, 0.25) is 0 Å². The summed E-state index contributed by atoms with van der Waals surface area (Å²) in [4.78, 5) is 10.6. The van der Waals surface area contributed by atoms with Crippen molar-refractivity contribution in [2.75, 3.05) is 0 Å². The lowest BCUT2D eigenvalue weighted by Crippen LogP contribution is -2.44. The summed E-state index contributed by atoms with van der Waals surface area (Å²) < 4.78 is 5.40. The lowest BCUT2D eigenvalue weighted by atomic mass is 10.1. The number of nitrogens with zero attached hydrogens (tertiary/aromatic N) is 2. The number of cyclic esters (lactones) is 1. The van der Waals surface area contributed by atoms with E-state index in [1.54, 1.807) is 7.05 Å². The Labute approximate surface area is 78.2 Å². The molecule has 0 spiro atoms. The molecule has 0 amide bonds. The second-order valence-corrected chi connectivity index (χ2v) is 3.08. The fourth-order valence-electron chi connectivity index (χ4n) is 1.10. The maximum atomic E-state index is 10.6. The van der Waals surface area contributed by atoms with Crippen molar-refractivity contribution >= 4 is 5.97 Å². The van der Waals surface area contributed by atoms with E-state index in [-0.39, 0.29) is 5.69 Å². The summed E-state index contributed by atoms with van der Waals surface area (Å²) in [5, 5.41) is 31.8. The van der Waals surface area contributed by atoms with Crippen LogP contribution in [0.15, 0.2) is 12.3 Å². The average molecular weight is 200 g/mol. The maximum Gasteiger partial charge on any atom is 0.389 e. The summed E-state index contributed by atoms with van der Waals surface area (Å²) in [6.07, 6.45) is 1.44. The Bertz CT molecular complexity index is 399. The normalized spacial score (nSPS) is 26.1. The average Bonchev–Trinajstić information content (AvgIpc) is 2.55. The standard InChI is InChI=1S/C7H8N2O5/c1-9-3-2-4(8-9)6(11,12)7(13)5(10)14-7/h2-3,11-13H,1H3. The fourth-order valence-corrected chi connectivity index (χ4v) is 1.10. The van der Waals surface area contributed by atoms with Crippen molar-refractivity contribution in [3.8, 4) is 0 Å². The molecule has 0 radical (unpaired) electrons. The van der Waals surface area contributed by atoms with E-state index in [9.17, 15) is 20.1 Å². The fraction of sp³-hybridized carbons (Fsp3) is 0.429. The minimum Gasteiger partial charge on any atom is -0.411 e. The molecule has 0 aliphatic carbocycles. The van der Waals surface area contributed by atoms with E-state index in [1.165, 1.54) is 16.9 Å². The number of aliphatic hydroxyl groups is 3. The molecule has 0 bridgehead atoms. The van der Waals surface area contributed by atoms with Crippen LogP contribution in [0.25, 0.3) is 0 Å². The topological polar surface area (TPSA) is 108 Å². The molecule has 1 aromatic rings. The van der Waals surface area contributed by atoms with Crippen LogP contribution >= 0.6 is 0 Å². The van der Waals surface area contributed by atoms with Gasteiger partial charge in [0.15, 0.2) is 0 Å². The Hall–Kier alpha value is -1.44. The largest absolute Gasteiger partial charge is 0.411 e. The van der Waals surface area contributed by atoms with Crippen molar-refractivity contribution in [2.45, 2.75) is 11.6 Å². The van der Waals surface area contributed by atoms with Crippen molar-refractivity contribution in [3.63, 3.8) is 0 Å². The predicted molar refractivity (Wildman–Crippen MR) is 40.4 cm³/mol. The van der Waals surface area contributed by atoms with E-state index in [1.807, 2.05) is 0 Å². The van der Waals surface area contributed by atoms with Gasteiger partial charge in [0.2, 0.25) is 0 Å². The van der Waals surface area contributed by atoms with Gasteiger partial charge in [-0.1, -0.05) is 0 Å². The lowest BCUT2D eigenvalue weighted by molar-refractivity contribution is -0.279. The van der Waals surface area contributed by atoms with Gasteiger partial charge < -0.3 is 20.1 Å². The molecule has 1 aromatic heterocycles. The van der Waals surface area contributed by atoms with Gasteiger partial charge in [0.05, 0.1) is 0 Å². The van der Waals surface area contributed by atoms with E-state index >= 15 is 0 Å². The number of carbonyl (C=O) groups excluding carboxylic acids is 1. The van der Waals surface area contributed by atoms with Crippen LogP contribution in [-0.2, 0) is 22.4 Å². The zero-order chi connectivity index (χ0) is 10.6. The molecule has 0 aromatic carbocycles. The summed E-state index contributed by atoms with van der Waals surface area (Å²) in [6, 6.07) is 1.26. The Morgan fingerprint density at radius 2 is 2.21 bits per heavy atom. The highest BCUT2D eigenvalue weighted by Crippen LogP contribution is 2.41. The number of rotatable bonds is 2. The molecule has 1 aliphatic rings. The van der Waals surface area contributed by atoms with Crippen molar-refractivity contribution < 1.29 is 24.9 Å². The summed E-state index contributed by atoms with van der Waals surface area (Å²) in [5.41, 5.74) is -0.256. The Balaban J connectivity index is 2.38. The molecule has 7 heteroatoms. The number of ether oxygens (including phenoxy) is 1. The predicted octanol–water partition coefficient (Wildman–Crippen LogP) is -2.20. The minimum atomic E-state index is -2.81. The summed E-state index contributed by atoms with van der Waals surface area (Å²) in [6.45, 7) is 0. The highest BCUT2D eigenvalue weighted by atomic mass is 16.8. The van der Waals surface area contributed by atoms with Gasteiger partial charge in [-0.05, 0) is 6.07 Å². The molecule has 2 heterocycles. The summed E-state index contributed by atoms with van der Waals surface area (Å²) in [7, 11) is 1.55. The third-order valence-corrected chi connectivity index (χ3v) is 2.02. The highest BCUT2D eigenvalue weighted by Gasteiger charge is 2.73. The van der Waals surface area contributed by atoms with Gasteiger partial charge in [-0.25, -0.2) is 4.79 Å². The van der Waals surface area contributed by atoms with E-state index in [0.717, 1.165) is 0 Å². The van der Waals surface area contributed by atoms with Gasteiger partial charge in [0.1, 0.15) is 5.69 Å². The number of carbonyl (C=O) groups is 1. The number of aryl methyl sites for hydroxylation is 1. The van der Waals surface area contributed by atoms with Gasteiger partial charge in [-0.2, -0.15) is 5.10 Å². The highest BCUT2D eigenvalue weighted by molar-refractivity contribution is 5.92. The van der Waals surface area contributed by atoms with E-state index in [0.29, 0.717) is 0 Å². The molecule has 2 rings (SSSR count). The summed E-state index contributed by atoms with van der Waals surface area (Å²) in [5.74, 6) is -6.49. The first-order chi connectivity index (χ1) is 6.38. The van der Waals surface area contributed by atoms with Crippen LogP contribution in [0.4, 0.5) is 0 Å². The van der Waals surface area contributed by atoms with Crippen LogP contribution in [0.5, 0.6) is 0 Å². The third kappa shape index (κ3) is 0.969. The molecule has 76 valence electrons. The minimum absolute atomic E-state index is 0.256. The van der Waals surface area contributed by atoms with Gasteiger partial charge in [-0.15, -0.1) is 0 Å². The molecule has 1 saturated heterocycles. The van der Waals surface area contributed by atoms with Crippen LogP contribution in [0.3, 0.4) is 0 Å². The molecule has 1 unspecified atom stereocenters. The number of hydrogen-bond donors (Lipinski definition) is 3. The first-order valence-corrected chi connectivity index (χ1v) is 3.78. The van der Waals surface area contributed by atoms with Gasteiger partial charge in [0, 0.05) is 13.2 Å². The van der Waals surface area contributed by atoms with E-state index in [2.05, 4.69) is 9.84 Å². The number of aromatic nitrogens is 2. The van der Waals surface area contributed by atoms with Crippen LogP contribution in [-0.4, -0.2) is 36.9 Å². The zero-order valence-corrected chi connectivity index (χ0v) is 7.21. The van der Waals surface area contributed by atoms with Crippen molar-refractivity contribution in [1.29, 1.82) is 0 Å². The second-order valence-electron chi connectivity index (χ2n) is 3.08. The molecule has 1 atom stereocenters. The quantitative estimate of drug-likeness (QED) is 0.369. The molecule has 7 nitrogen and oxygen atoms in total. The van der Waals surface area contributed by atoms with Gasteiger partial charge >= 0.3 is 11.8 Å². The molecule has 1 aliphatic heterocycles. The number of hydrogen-bond acceptors (Lipinski definition) is 6. The zero-order valence-electron chi connectivity index (χ0n) is 7.21. The third-order valence-electron chi connectivity index (χ3n) is 2.02.